The van der Waals surface area contributed by atoms with Crippen molar-refractivity contribution in [3.63, 3.8) is 0 Å². The lowest BCUT2D eigenvalue weighted by Gasteiger charge is -2.11. The summed E-state index contributed by atoms with van der Waals surface area (Å²) in [5.41, 5.74) is -1.13. The number of urea groups is 1. The molecule has 0 fully saturated rings. The zero-order valence-electron chi connectivity index (χ0n) is 14.5. The van der Waals surface area contributed by atoms with Crippen LogP contribution in [0.25, 0.3) is 11.3 Å². The fraction of sp³-hybridized carbons (Fsp3) is 0.0526. The van der Waals surface area contributed by atoms with Crippen molar-refractivity contribution in [2.24, 2.45) is 0 Å². The molecule has 0 saturated heterocycles. The van der Waals surface area contributed by atoms with E-state index in [2.05, 4.69) is 9.97 Å². The number of carbonyl (C=O) groups is 2. The van der Waals surface area contributed by atoms with Gasteiger partial charge in [0.15, 0.2) is 5.69 Å². The molecule has 1 aromatic heterocycles. The van der Waals surface area contributed by atoms with E-state index in [1.807, 2.05) is 10.6 Å². The summed E-state index contributed by atoms with van der Waals surface area (Å²) in [7, 11) is 0. The van der Waals surface area contributed by atoms with Crippen molar-refractivity contribution < 1.29 is 27.2 Å². The molecule has 0 spiro atoms. The zero-order chi connectivity index (χ0) is 21.0. The number of anilines is 1. The van der Waals surface area contributed by atoms with Crippen molar-refractivity contribution >= 4 is 17.9 Å². The Labute approximate surface area is 161 Å². The molecule has 10 heteroatoms. The summed E-state index contributed by atoms with van der Waals surface area (Å²) >= 11 is 0. The normalized spacial score (nSPS) is 11.0. The van der Waals surface area contributed by atoms with E-state index in [4.69, 9.17) is 0 Å². The molecular weight excluding hydrogens is 392 g/mol. The van der Waals surface area contributed by atoms with Crippen LogP contribution >= 0.6 is 0 Å². The van der Waals surface area contributed by atoms with Gasteiger partial charge in [0.05, 0.1) is 5.69 Å². The number of hydrogen-bond acceptors (Lipinski definition) is 4. The second-order valence-electron chi connectivity index (χ2n) is 5.74. The molecule has 3 aromatic rings. The van der Waals surface area contributed by atoms with Crippen molar-refractivity contribution in [1.29, 1.82) is 0 Å². The lowest BCUT2D eigenvalue weighted by molar-refractivity contribution is -0.141. The van der Waals surface area contributed by atoms with Gasteiger partial charge >= 0.3 is 12.2 Å². The second kappa shape index (κ2) is 8.05. The minimum Gasteiger partial charge on any atom is -0.276 e. The van der Waals surface area contributed by atoms with Gasteiger partial charge in [0.1, 0.15) is 5.82 Å². The van der Waals surface area contributed by atoms with Gasteiger partial charge < -0.3 is 0 Å². The number of hydrogen-bond donors (Lipinski definition) is 2. The highest BCUT2D eigenvalue weighted by atomic mass is 19.4. The Balaban J connectivity index is 1.86. The van der Waals surface area contributed by atoms with Crippen LogP contribution < -0.4 is 10.6 Å². The molecule has 0 saturated carbocycles. The Morgan fingerprint density at radius 1 is 0.897 bits per heavy atom. The van der Waals surface area contributed by atoms with Crippen LogP contribution in [-0.2, 0) is 6.18 Å². The van der Waals surface area contributed by atoms with Crippen LogP contribution in [0.15, 0.2) is 60.7 Å². The fourth-order valence-corrected chi connectivity index (χ4v) is 2.31. The number of benzene rings is 2. The van der Waals surface area contributed by atoms with Crippen LogP contribution in [0.3, 0.4) is 0 Å². The first-order valence-electron chi connectivity index (χ1n) is 8.12. The molecule has 0 aliphatic heterocycles. The van der Waals surface area contributed by atoms with E-state index in [9.17, 15) is 27.2 Å². The first kappa shape index (κ1) is 19.9. The molecule has 0 aliphatic rings. The number of amides is 3. The first-order chi connectivity index (χ1) is 13.7. The van der Waals surface area contributed by atoms with Crippen molar-refractivity contribution in [3.05, 3.63) is 77.7 Å². The SMILES string of the molecule is O=C(NC(=O)c1ccccc1)Nc1nc(-c2ccc(F)cc2)cc(C(F)(F)F)n1. The minimum atomic E-state index is -4.81. The minimum absolute atomic E-state index is 0.180. The highest BCUT2D eigenvalue weighted by Crippen LogP contribution is 2.31. The van der Waals surface area contributed by atoms with Crippen LogP contribution in [0.5, 0.6) is 0 Å². The summed E-state index contributed by atoms with van der Waals surface area (Å²) in [4.78, 5) is 31.1. The maximum absolute atomic E-state index is 13.2. The predicted molar refractivity (Wildman–Crippen MR) is 95.4 cm³/mol. The highest BCUT2D eigenvalue weighted by molar-refractivity contribution is 6.07. The smallest absolute Gasteiger partial charge is 0.276 e. The van der Waals surface area contributed by atoms with Gasteiger partial charge in [-0.25, -0.2) is 19.2 Å². The number of alkyl halides is 3. The molecule has 2 aromatic carbocycles. The van der Waals surface area contributed by atoms with Crippen molar-refractivity contribution in [1.82, 2.24) is 15.3 Å². The molecule has 0 bridgehead atoms. The van der Waals surface area contributed by atoms with E-state index in [1.54, 1.807) is 18.2 Å². The van der Waals surface area contributed by atoms with E-state index < -0.39 is 35.6 Å². The van der Waals surface area contributed by atoms with Crippen molar-refractivity contribution in [3.8, 4) is 11.3 Å². The number of nitrogens with zero attached hydrogens (tertiary/aromatic N) is 2. The molecule has 3 amide bonds. The third-order valence-electron chi connectivity index (χ3n) is 3.64. The van der Waals surface area contributed by atoms with Crippen molar-refractivity contribution in [2.45, 2.75) is 6.18 Å². The van der Waals surface area contributed by atoms with Gasteiger partial charge in [0.25, 0.3) is 5.91 Å². The molecule has 6 nitrogen and oxygen atoms in total. The van der Waals surface area contributed by atoms with E-state index in [0.29, 0.717) is 6.07 Å². The van der Waals surface area contributed by atoms with Gasteiger partial charge in [-0.2, -0.15) is 13.2 Å². The third kappa shape index (κ3) is 5.12. The van der Waals surface area contributed by atoms with E-state index in [1.165, 1.54) is 24.3 Å². The summed E-state index contributed by atoms with van der Waals surface area (Å²) in [5, 5.41) is 3.98. The quantitative estimate of drug-likeness (QED) is 0.639. The first-order valence-corrected chi connectivity index (χ1v) is 8.12. The molecule has 3 rings (SSSR count). The number of rotatable bonds is 3. The van der Waals surface area contributed by atoms with Gasteiger partial charge in [-0.1, -0.05) is 18.2 Å². The Hall–Kier alpha value is -3.82. The summed E-state index contributed by atoms with van der Waals surface area (Å²) in [6.45, 7) is 0. The Kier molecular flexibility index (Phi) is 5.53. The number of carbonyl (C=O) groups excluding carboxylic acids is 2. The number of imide groups is 1. The molecular formula is C19H12F4N4O2. The lowest BCUT2D eigenvalue weighted by atomic mass is 10.1. The highest BCUT2D eigenvalue weighted by Gasteiger charge is 2.34. The maximum atomic E-state index is 13.2. The van der Waals surface area contributed by atoms with Crippen LogP contribution in [0.2, 0.25) is 0 Å². The van der Waals surface area contributed by atoms with Gasteiger partial charge in [0.2, 0.25) is 5.95 Å². The third-order valence-corrected chi connectivity index (χ3v) is 3.64. The molecule has 148 valence electrons. The second-order valence-corrected chi connectivity index (χ2v) is 5.74. The topological polar surface area (TPSA) is 84.0 Å². The predicted octanol–water partition coefficient (Wildman–Crippen LogP) is 4.26. The Morgan fingerprint density at radius 3 is 2.17 bits per heavy atom. The average Bonchev–Trinajstić information content (AvgIpc) is 2.68. The van der Waals surface area contributed by atoms with Crippen LogP contribution in [0, 0.1) is 5.82 Å². The molecule has 29 heavy (non-hydrogen) atoms. The largest absolute Gasteiger partial charge is 0.433 e. The van der Waals surface area contributed by atoms with Crippen LogP contribution in [-0.4, -0.2) is 21.9 Å². The summed E-state index contributed by atoms with van der Waals surface area (Å²) < 4.78 is 52.6. The standard InChI is InChI=1S/C19H12F4N4O2/c20-13-8-6-11(7-9-13)14-10-15(19(21,22)23)25-17(24-14)27-18(29)26-16(28)12-4-2-1-3-5-12/h1-10H,(H2,24,25,26,27,28,29). The van der Waals surface area contributed by atoms with Gasteiger partial charge in [-0.3, -0.25) is 15.4 Å². The van der Waals surface area contributed by atoms with Gasteiger partial charge in [-0.15, -0.1) is 0 Å². The average molecular weight is 404 g/mol. The molecule has 0 atom stereocenters. The van der Waals surface area contributed by atoms with E-state index in [-0.39, 0.29) is 16.8 Å². The number of halogens is 4. The van der Waals surface area contributed by atoms with Crippen LogP contribution in [0.4, 0.5) is 28.3 Å². The maximum Gasteiger partial charge on any atom is 0.433 e. The number of aromatic nitrogens is 2. The summed E-state index contributed by atoms with van der Waals surface area (Å²) in [6, 6.07) is 11.9. The molecule has 0 radical (unpaired) electrons. The molecule has 0 aliphatic carbocycles. The van der Waals surface area contributed by atoms with E-state index in [0.717, 1.165) is 12.1 Å². The van der Waals surface area contributed by atoms with Crippen LogP contribution in [0.1, 0.15) is 16.1 Å². The molecule has 2 N–H and O–H groups in total. The lowest BCUT2D eigenvalue weighted by Crippen LogP contribution is -2.35. The number of nitrogens with one attached hydrogen (secondary N) is 2. The summed E-state index contributed by atoms with van der Waals surface area (Å²) in [5.74, 6) is -2.00. The molecule has 0 unspecified atom stereocenters. The zero-order valence-corrected chi connectivity index (χ0v) is 14.5. The van der Waals surface area contributed by atoms with Crippen molar-refractivity contribution in [2.75, 3.05) is 5.32 Å². The van der Waals surface area contributed by atoms with Gasteiger partial charge in [0, 0.05) is 11.1 Å². The monoisotopic (exact) mass is 404 g/mol. The summed E-state index contributed by atoms with van der Waals surface area (Å²) in [6.07, 6.45) is -4.81. The van der Waals surface area contributed by atoms with Gasteiger partial charge in [-0.05, 0) is 42.5 Å². The Bertz CT molecular complexity index is 1040. The Morgan fingerprint density at radius 2 is 1.55 bits per heavy atom. The van der Waals surface area contributed by atoms with E-state index >= 15 is 0 Å². The fourth-order valence-electron chi connectivity index (χ4n) is 2.31. The molecule has 1 heterocycles.